The third-order valence-electron chi connectivity index (χ3n) is 6.24. The highest BCUT2D eigenvalue weighted by Gasteiger charge is 2.28. The molecule has 34 heavy (non-hydrogen) atoms. The topological polar surface area (TPSA) is 120 Å². The zero-order valence-electron chi connectivity index (χ0n) is 18.4. The highest BCUT2D eigenvalue weighted by Crippen LogP contribution is 2.36. The van der Waals surface area contributed by atoms with Crippen LogP contribution in [-0.2, 0) is 13.0 Å². The second kappa shape index (κ2) is 7.48. The van der Waals surface area contributed by atoms with Gasteiger partial charge in [-0.25, -0.2) is 9.78 Å². The van der Waals surface area contributed by atoms with Gasteiger partial charge < -0.3 is 24.1 Å². The van der Waals surface area contributed by atoms with Gasteiger partial charge in [0.25, 0.3) is 0 Å². The number of benzene rings is 2. The first-order valence-electron chi connectivity index (χ1n) is 10.6. The monoisotopic (exact) mass is 456 g/mol. The molecule has 10 heteroatoms. The molecule has 0 radical (unpaired) electrons. The maximum absolute atomic E-state index is 11.9. The van der Waals surface area contributed by atoms with E-state index in [0.717, 1.165) is 33.5 Å². The fourth-order valence-electron chi connectivity index (χ4n) is 4.59. The molecule has 10 nitrogen and oxygen atoms in total. The number of imidazole rings is 1. The molecule has 0 spiro atoms. The van der Waals surface area contributed by atoms with Crippen molar-refractivity contribution in [2.75, 3.05) is 14.2 Å². The van der Waals surface area contributed by atoms with E-state index in [0.29, 0.717) is 29.5 Å². The molecular formula is C24H20N6O4. The minimum absolute atomic E-state index is 0.00565. The van der Waals surface area contributed by atoms with Gasteiger partial charge in [0.1, 0.15) is 23.7 Å². The molecule has 2 N–H and O–H groups in total. The van der Waals surface area contributed by atoms with Crippen molar-refractivity contribution in [3.63, 3.8) is 0 Å². The minimum Gasteiger partial charge on any atom is -0.497 e. The Morgan fingerprint density at radius 2 is 2.06 bits per heavy atom. The van der Waals surface area contributed by atoms with Crippen LogP contribution in [0.5, 0.6) is 11.5 Å². The van der Waals surface area contributed by atoms with E-state index in [9.17, 15) is 9.90 Å². The summed E-state index contributed by atoms with van der Waals surface area (Å²) >= 11 is 0. The number of hydrogen-bond acceptors (Lipinski definition) is 6. The van der Waals surface area contributed by atoms with Gasteiger partial charge in [-0.15, -0.1) is 10.2 Å². The number of carboxylic acid groups (broad SMARTS) is 1. The van der Waals surface area contributed by atoms with Gasteiger partial charge in [0, 0.05) is 23.6 Å². The first-order chi connectivity index (χ1) is 16.6. The van der Waals surface area contributed by atoms with Crippen molar-refractivity contribution >= 4 is 16.9 Å². The molecule has 1 aliphatic heterocycles. The van der Waals surface area contributed by atoms with Gasteiger partial charge in [0.15, 0.2) is 11.5 Å². The summed E-state index contributed by atoms with van der Waals surface area (Å²) in [7, 11) is 3.24. The lowest BCUT2D eigenvalue weighted by Crippen LogP contribution is -2.11. The molecule has 0 saturated carbocycles. The first-order valence-corrected chi connectivity index (χ1v) is 10.6. The Morgan fingerprint density at radius 3 is 2.85 bits per heavy atom. The molecule has 3 aromatic heterocycles. The van der Waals surface area contributed by atoms with Gasteiger partial charge >= 0.3 is 5.97 Å². The zero-order chi connectivity index (χ0) is 23.4. The van der Waals surface area contributed by atoms with Crippen molar-refractivity contribution in [2.24, 2.45) is 0 Å². The number of nitrogens with zero attached hydrogens (tertiary/aromatic N) is 5. The first kappa shape index (κ1) is 20.0. The molecule has 0 unspecified atom stereocenters. The molecule has 0 fully saturated rings. The highest BCUT2D eigenvalue weighted by atomic mass is 16.5. The molecule has 5 aromatic rings. The number of nitrogens with one attached hydrogen (secondary N) is 1. The number of carboxylic acids is 1. The quantitative estimate of drug-likeness (QED) is 0.408. The lowest BCUT2D eigenvalue weighted by atomic mass is 10.1. The van der Waals surface area contributed by atoms with Crippen molar-refractivity contribution in [1.82, 2.24) is 29.3 Å². The minimum atomic E-state index is -1.08. The van der Waals surface area contributed by atoms with E-state index >= 15 is 0 Å². The van der Waals surface area contributed by atoms with Crippen LogP contribution in [0.15, 0.2) is 48.9 Å². The van der Waals surface area contributed by atoms with Gasteiger partial charge in [0.05, 0.1) is 37.7 Å². The fraction of sp³-hybridized carbons (Fsp3) is 0.167. The van der Waals surface area contributed by atoms with Gasteiger partial charge in [-0.1, -0.05) is 12.1 Å². The van der Waals surface area contributed by atoms with Gasteiger partial charge in [-0.2, -0.15) is 0 Å². The van der Waals surface area contributed by atoms with Crippen LogP contribution in [0, 0.1) is 0 Å². The number of rotatable bonds is 5. The predicted octanol–water partition coefficient (Wildman–Crippen LogP) is 3.28. The zero-order valence-corrected chi connectivity index (χ0v) is 18.4. The van der Waals surface area contributed by atoms with Gasteiger partial charge in [-0.05, 0) is 29.8 Å². The molecular weight excluding hydrogens is 436 g/mol. The Hall–Kier alpha value is -4.60. The summed E-state index contributed by atoms with van der Waals surface area (Å²) in [5.74, 6) is 1.70. The molecule has 6 rings (SSSR count). The summed E-state index contributed by atoms with van der Waals surface area (Å²) in [4.78, 5) is 19.4. The maximum atomic E-state index is 11.9. The van der Waals surface area contributed by atoms with Crippen LogP contribution < -0.4 is 9.47 Å². The van der Waals surface area contributed by atoms with Crippen LogP contribution >= 0.6 is 0 Å². The van der Waals surface area contributed by atoms with Crippen molar-refractivity contribution in [3.8, 4) is 28.6 Å². The molecule has 170 valence electrons. The Labute approximate surface area is 193 Å². The van der Waals surface area contributed by atoms with Crippen LogP contribution in [0.25, 0.3) is 28.0 Å². The normalized spacial score (nSPS) is 12.1. The summed E-state index contributed by atoms with van der Waals surface area (Å²) in [5.41, 5.74) is 4.06. The number of ether oxygens (including phenoxy) is 2. The largest absolute Gasteiger partial charge is 0.497 e. The second-order valence-corrected chi connectivity index (χ2v) is 8.00. The molecule has 4 heterocycles. The number of para-hydroxylation sites is 1. The molecule has 0 saturated heterocycles. The average molecular weight is 456 g/mol. The molecule has 0 amide bonds. The molecule has 0 atom stereocenters. The van der Waals surface area contributed by atoms with E-state index in [2.05, 4.69) is 20.2 Å². The summed E-state index contributed by atoms with van der Waals surface area (Å²) < 4.78 is 14.7. The summed E-state index contributed by atoms with van der Waals surface area (Å²) in [6.45, 7) is 0.266. The van der Waals surface area contributed by atoms with Crippen LogP contribution in [0.2, 0.25) is 0 Å². The summed E-state index contributed by atoms with van der Waals surface area (Å²) in [6.07, 6.45) is 3.97. The van der Waals surface area contributed by atoms with E-state index in [4.69, 9.17) is 9.47 Å². The molecule has 1 aliphatic rings. The van der Waals surface area contributed by atoms with Crippen molar-refractivity contribution < 1.29 is 19.4 Å². The Kier molecular flexibility index (Phi) is 4.41. The highest BCUT2D eigenvalue weighted by molar-refractivity contribution is 5.89. The van der Waals surface area contributed by atoms with Crippen LogP contribution in [-0.4, -0.2) is 54.6 Å². The SMILES string of the molecule is COc1ccc2c(c1)-c1nnc(Cc3c[nH]c4c(OC)cccc34)n1Cc1c(C(=O)O)ncn1-2. The standard InChI is InChI=1S/C24H20N6O4/c1-33-14-6-7-17-16(9-14)23-28-27-20(29(23)11-18-22(24(31)32)26-12-30(17)18)8-13-10-25-21-15(13)4-3-5-19(21)34-2/h3-7,9-10,12,25H,8,11H2,1-2H3,(H,31,32). The average Bonchev–Trinajstić information content (AvgIpc) is 3.55. The van der Waals surface area contributed by atoms with E-state index in [1.807, 2.05) is 47.2 Å². The van der Waals surface area contributed by atoms with Crippen LogP contribution in [0.1, 0.15) is 27.6 Å². The molecule has 0 aliphatic carbocycles. The number of aromatic amines is 1. The number of H-pyrrole nitrogens is 1. The lowest BCUT2D eigenvalue weighted by Gasteiger charge is -2.09. The van der Waals surface area contributed by atoms with Crippen molar-refractivity contribution in [3.05, 3.63) is 71.7 Å². The second-order valence-electron chi connectivity index (χ2n) is 8.00. The molecule has 0 bridgehead atoms. The van der Waals surface area contributed by atoms with E-state index in [1.54, 1.807) is 18.8 Å². The fourth-order valence-corrected chi connectivity index (χ4v) is 4.59. The van der Waals surface area contributed by atoms with Gasteiger partial charge in [0.2, 0.25) is 0 Å². The van der Waals surface area contributed by atoms with Gasteiger partial charge in [-0.3, -0.25) is 4.57 Å². The third-order valence-corrected chi connectivity index (χ3v) is 6.24. The Morgan fingerprint density at radius 1 is 1.18 bits per heavy atom. The number of aromatic nitrogens is 6. The number of aromatic carboxylic acids is 1. The summed E-state index contributed by atoms with van der Waals surface area (Å²) in [6, 6.07) is 11.5. The Bertz CT molecular complexity index is 1580. The van der Waals surface area contributed by atoms with E-state index in [1.165, 1.54) is 6.33 Å². The van der Waals surface area contributed by atoms with E-state index in [-0.39, 0.29) is 12.2 Å². The Balaban J connectivity index is 1.53. The number of fused-ring (bicyclic) bond motifs is 6. The number of methoxy groups -OCH3 is 2. The van der Waals surface area contributed by atoms with Crippen LogP contribution in [0.4, 0.5) is 0 Å². The number of carbonyl (C=O) groups is 1. The predicted molar refractivity (Wildman–Crippen MR) is 123 cm³/mol. The summed E-state index contributed by atoms with van der Waals surface area (Å²) in [5, 5.41) is 19.8. The lowest BCUT2D eigenvalue weighted by molar-refractivity contribution is 0.0689. The third kappa shape index (κ3) is 2.88. The maximum Gasteiger partial charge on any atom is 0.356 e. The smallest absolute Gasteiger partial charge is 0.356 e. The van der Waals surface area contributed by atoms with Crippen molar-refractivity contribution in [1.29, 1.82) is 0 Å². The molecule has 2 aromatic carbocycles. The van der Waals surface area contributed by atoms with Crippen molar-refractivity contribution in [2.45, 2.75) is 13.0 Å². The number of hydrogen-bond donors (Lipinski definition) is 2. The van der Waals surface area contributed by atoms with Crippen LogP contribution in [0.3, 0.4) is 0 Å². The van der Waals surface area contributed by atoms with E-state index < -0.39 is 5.97 Å².